The summed E-state index contributed by atoms with van der Waals surface area (Å²) in [5, 5.41) is 10.4. The van der Waals surface area contributed by atoms with Crippen molar-refractivity contribution in [3.63, 3.8) is 0 Å². The van der Waals surface area contributed by atoms with E-state index in [4.69, 9.17) is 0 Å². The van der Waals surface area contributed by atoms with Crippen LogP contribution in [0.5, 0.6) is 0 Å². The highest BCUT2D eigenvalue weighted by molar-refractivity contribution is 7.90. The van der Waals surface area contributed by atoms with Gasteiger partial charge in [-0.3, -0.25) is 0 Å². The minimum atomic E-state index is -3.52. The standard InChI is InChI=1S/C15H21FO3S/c1-12-6-8-15(17,9-7-12)11-20(18,19)10-13-4-2-3-5-14(13)16/h2-5,12,17H,6-11H2,1H3. The van der Waals surface area contributed by atoms with E-state index < -0.39 is 21.3 Å². The van der Waals surface area contributed by atoms with E-state index in [1.54, 1.807) is 6.07 Å². The van der Waals surface area contributed by atoms with Crippen molar-refractivity contribution in [3.05, 3.63) is 35.6 Å². The SMILES string of the molecule is CC1CCC(O)(CS(=O)(=O)Cc2ccccc2F)CC1. The quantitative estimate of drug-likeness (QED) is 0.930. The molecule has 0 heterocycles. The Morgan fingerprint density at radius 2 is 1.90 bits per heavy atom. The van der Waals surface area contributed by atoms with E-state index in [0.29, 0.717) is 18.8 Å². The van der Waals surface area contributed by atoms with Gasteiger partial charge in [-0.1, -0.05) is 25.1 Å². The normalized spacial score (nSPS) is 27.4. The first-order valence-electron chi connectivity index (χ1n) is 6.96. The van der Waals surface area contributed by atoms with Crippen LogP contribution in [0.3, 0.4) is 0 Å². The molecule has 1 fully saturated rings. The molecule has 1 saturated carbocycles. The van der Waals surface area contributed by atoms with Crippen LogP contribution in [0.4, 0.5) is 4.39 Å². The minimum Gasteiger partial charge on any atom is -0.389 e. The second-order valence-electron chi connectivity index (χ2n) is 6.03. The second kappa shape index (κ2) is 5.82. The van der Waals surface area contributed by atoms with Gasteiger partial charge in [0, 0.05) is 5.56 Å². The van der Waals surface area contributed by atoms with E-state index in [1.165, 1.54) is 18.2 Å². The van der Waals surface area contributed by atoms with Crippen molar-refractivity contribution >= 4 is 9.84 Å². The van der Waals surface area contributed by atoms with Crippen LogP contribution in [-0.4, -0.2) is 24.9 Å². The maximum absolute atomic E-state index is 13.5. The van der Waals surface area contributed by atoms with Gasteiger partial charge in [0.05, 0.1) is 17.1 Å². The Morgan fingerprint density at radius 3 is 2.50 bits per heavy atom. The predicted octanol–water partition coefficient (Wildman–Crippen LogP) is 2.68. The largest absolute Gasteiger partial charge is 0.389 e. The van der Waals surface area contributed by atoms with Gasteiger partial charge in [-0.05, 0) is 37.7 Å². The fourth-order valence-corrected chi connectivity index (χ4v) is 4.67. The van der Waals surface area contributed by atoms with Crippen molar-refractivity contribution < 1.29 is 17.9 Å². The highest BCUT2D eigenvalue weighted by atomic mass is 32.2. The summed E-state index contributed by atoms with van der Waals surface area (Å²) in [6.07, 6.45) is 2.69. The lowest BCUT2D eigenvalue weighted by Gasteiger charge is -2.34. The van der Waals surface area contributed by atoms with Crippen LogP contribution in [-0.2, 0) is 15.6 Å². The molecule has 112 valence electrons. The Labute approximate surface area is 119 Å². The molecule has 1 aliphatic rings. The van der Waals surface area contributed by atoms with E-state index >= 15 is 0 Å². The van der Waals surface area contributed by atoms with Gasteiger partial charge in [-0.15, -0.1) is 0 Å². The van der Waals surface area contributed by atoms with Gasteiger partial charge in [0.15, 0.2) is 9.84 Å². The molecule has 3 nitrogen and oxygen atoms in total. The third-order valence-electron chi connectivity index (χ3n) is 4.03. The van der Waals surface area contributed by atoms with E-state index in [9.17, 15) is 17.9 Å². The van der Waals surface area contributed by atoms with Gasteiger partial charge >= 0.3 is 0 Å². The Morgan fingerprint density at radius 1 is 1.30 bits per heavy atom. The van der Waals surface area contributed by atoms with Crippen LogP contribution >= 0.6 is 0 Å². The molecule has 0 aromatic heterocycles. The predicted molar refractivity (Wildman–Crippen MR) is 76.5 cm³/mol. The second-order valence-corrected chi connectivity index (χ2v) is 8.10. The van der Waals surface area contributed by atoms with Crippen LogP contribution in [0.2, 0.25) is 0 Å². The Balaban J connectivity index is 2.06. The van der Waals surface area contributed by atoms with E-state index in [2.05, 4.69) is 6.92 Å². The fourth-order valence-electron chi connectivity index (χ4n) is 2.76. The van der Waals surface area contributed by atoms with Crippen LogP contribution < -0.4 is 0 Å². The molecule has 0 atom stereocenters. The highest BCUT2D eigenvalue weighted by Crippen LogP contribution is 2.33. The number of halogens is 1. The van der Waals surface area contributed by atoms with Crippen molar-refractivity contribution in [2.45, 2.75) is 44.0 Å². The lowest BCUT2D eigenvalue weighted by Crippen LogP contribution is -2.40. The Kier molecular flexibility index (Phi) is 4.49. The number of aliphatic hydroxyl groups is 1. The summed E-state index contributed by atoms with van der Waals surface area (Å²) in [7, 11) is -3.52. The molecule has 0 unspecified atom stereocenters. The number of hydrogen-bond acceptors (Lipinski definition) is 3. The van der Waals surface area contributed by atoms with Gasteiger partial charge in [-0.2, -0.15) is 0 Å². The third-order valence-corrected chi connectivity index (χ3v) is 5.75. The van der Waals surface area contributed by atoms with Gasteiger partial charge in [-0.25, -0.2) is 12.8 Å². The molecule has 0 saturated heterocycles. The lowest BCUT2D eigenvalue weighted by atomic mass is 9.81. The maximum Gasteiger partial charge on any atom is 0.157 e. The molecule has 20 heavy (non-hydrogen) atoms. The summed E-state index contributed by atoms with van der Waals surface area (Å²) in [6.45, 7) is 2.10. The zero-order valence-electron chi connectivity index (χ0n) is 11.7. The van der Waals surface area contributed by atoms with Crippen molar-refractivity contribution in [2.24, 2.45) is 5.92 Å². The summed E-state index contributed by atoms with van der Waals surface area (Å²) in [5.41, 5.74) is -0.975. The molecule has 1 N–H and O–H groups in total. The molecule has 2 rings (SSSR count). The molecule has 0 spiro atoms. The average Bonchev–Trinajstić information content (AvgIpc) is 2.35. The maximum atomic E-state index is 13.5. The van der Waals surface area contributed by atoms with Gasteiger partial charge in [0.25, 0.3) is 0 Å². The zero-order valence-corrected chi connectivity index (χ0v) is 12.5. The zero-order chi connectivity index (χ0) is 14.8. The molecule has 1 aromatic rings. The highest BCUT2D eigenvalue weighted by Gasteiger charge is 2.36. The average molecular weight is 300 g/mol. The monoisotopic (exact) mass is 300 g/mol. The van der Waals surface area contributed by atoms with Crippen molar-refractivity contribution in [1.82, 2.24) is 0 Å². The molecule has 0 radical (unpaired) electrons. The van der Waals surface area contributed by atoms with Crippen LogP contribution in [0.15, 0.2) is 24.3 Å². The summed E-state index contributed by atoms with van der Waals surface area (Å²) >= 11 is 0. The summed E-state index contributed by atoms with van der Waals surface area (Å²) in [6, 6.07) is 5.87. The molecule has 0 aliphatic heterocycles. The third kappa shape index (κ3) is 4.03. The van der Waals surface area contributed by atoms with Gasteiger partial charge < -0.3 is 5.11 Å². The smallest absolute Gasteiger partial charge is 0.157 e. The molecular weight excluding hydrogens is 279 g/mol. The van der Waals surface area contributed by atoms with Crippen molar-refractivity contribution in [2.75, 3.05) is 5.75 Å². The van der Waals surface area contributed by atoms with Crippen LogP contribution in [0, 0.1) is 11.7 Å². The number of hydrogen-bond donors (Lipinski definition) is 1. The number of rotatable bonds is 4. The van der Waals surface area contributed by atoms with Crippen molar-refractivity contribution in [1.29, 1.82) is 0 Å². The van der Waals surface area contributed by atoms with E-state index in [-0.39, 0.29) is 17.1 Å². The fraction of sp³-hybridized carbons (Fsp3) is 0.600. The first-order valence-corrected chi connectivity index (χ1v) is 8.78. The lowest BCUT2D eigenvalue weighted by molar-refractivity contribution is 0.0135. The Hall–Kier alpha value is -0.940. The summed E-state index contributed by atoms with van der Waals surface area (Å²) in [5.74, 6) is -0.608. The molecular formula is C15H21FO3S. The molecule has 1 aliphatic carbocycles. The number of sulfone groups is 1. The van der Waals surface area contributed by atoms with E-state index in [1.807, 2.05) is 0 Å². The minimum absolute atomic E-state index is 0.167. The van der Waals surface area contributed by atoms with E-state index in [0.717, 1.165) is 12.8 Å². The molecule has 0 bridgehead atoms. The molecule has 5 heteroatoms. The van der Waals surface area contributed by atoms with Crippen LogP contribution in [0.1, 0.15) is 38.2 Å². The molecule has 1 aromatic carbocycles. The Bertz CT molecular complexity index is 560. The first-order chi connectivity index (χ1) is 9.30. The summed E-state index contributed by atoms with van der Waals surface area (Å²) < 4.78 is 37.9. The van der Waals surface area contributed by atoms with Crippen LogP contribution in [0.25, 0.3) is 0 Å². The number of benzene rings is 1. The topological polar surface area (TPSA) is 54.4 Å². The summed E-state index contributed by atoms with van der Waals surface area (Å²) in [4.78, 5) is 0. The van der Waals surface area contributed by atoms with Gasteiger partial charge in [0.1, 0.15) is 5.82 Å². The molecule has 0 amide bonds. The first kappa shape index (κ1) is 15.4. The van der Waals surface area contributed by atoms with Crippen molar-refractivity contribution in [3.8, 4) is 0 Å². The van der Waals surface area contributed by atoms with Gasteiger partial charge in [0.2, 0.25) is 0 Å².